The second-order valence-electron chi connectivity index (χ2n) is 6.09. The highest BCUT2D eigenvalue weighted by molar-refractivity contribution is 5.96. The standard InChI is InChI=1S/C18H23N3O5/c1-12(2)18(3,11-19)21-15(22)10-26-16(23)9-20-17(24)13-6-5-7-14(8-13)25-4/h5-8,12H,9-10H2,1-4H3,(H,20,24)(H,21,22)/t18-/m1/s1. The monoisotopic (exact) mass is 361 g/mol. The van der Waals surface area contributed by atoms with E-state index >= 15 is 0 Å². The summed E-state index contributed by atoms with van der Waals surface area (Å²) in [6.45, 7) is 4.26. The number of nitrogens with zero attached hydrogens (tertiary/aromatic N) is 1. The summed E-state index contributed by atoms with van der Waals surface area (Å²) in [5.41, 5.74) is -0.721. The van der Waals surface area contributed by atoms with Crippen LogP contribution in [0.4, 0.5) is 0 Å². The molecule has 0 saturated heterocycles. The van der Waals surface area contributed by atoms with Gasteiger partial charge in [-0.05, 0) is 31.0 Å². The van der Waals surface area contributed by atoms with Gasteiger partial charge in [-0.1, -0.05) is 19.9 Å². The molecule has 0 fully saturated rings. The van der Waals surface area contributed by atoms with Crippen molar-refractivity contribution in [3.63, 3.8) is 0 Å². The molecular weight excluding hydrogens is 338 g/mol. The van der Waals surface area contributed by atoms with E-state index in [9.17, 15) is 14.4 Å². The number of carbonyl (C=O) groups is 3. The molecule has 0 saturated carbocycles. The predicted octanol–water partition coefficient (Wildman–Crippen LogP) is 1.02. The van der Waals surface area contributed by atoms with Crippen LogP contribution in [0, 0.1) is 17.2 Å². The summed E-state index contributed by atoms with van der Waals surface area (Å²) < 4.78 is 9.83. The Morgan fingerprint density at radius 3 is 2.58 bits per heavy atom. The Morgan fingerprint density at radius 1 is 1.31 bits per heavy atom. The minimum atomic E-state index is -1.05. The zero-order valence-electron chi connectivity index (χ0n) is 15.3. The van der Waals surface area contributed by atoms with Crippen LogP contribution in [0.15, 0.2) is 24.3 Å². The molecule has 0 aliphatic carbocycles. The van der Waals surface area contributed by atoms with Crippen molar-refractivity contribution in [1.82, 2.24) is 10.6 Å². The number of nitrogens with one attached hydrogen (secondary N) is 2. The van der Waals surface area contributed by atoms with Crippen LogP contribution >= 0.6 is 0 Å². The molecule has 0 aliphatic rings. The number of nitriles is 1. The van der Waals surface area contributed by atoms with Gasteiger partial charge in [0.05, 0.1) is 13.2 Å². The first-order valence-electron chi connectivity index (χ1n) is 8.02. The lowest BCUT2D eigenvalue weighted by molar-refractivity contribution is -0.147. The fraction of sp³-hybridized carbons (Fsp3) is 0.444. The van der Waals surface area contributed by atoms with E-state index in [1.807, 2.05) is 6.07 Å². The van der Waals surface area contributed by atoms with Gasteiger partial charge in [-0.25, -0.2) is 0 Å². The molecular formula is C18H23N3O5. The van der Waals surface area contributed by atoms with Crippen LogP contribution in [0.1, 0.15) is 31.1 Å². The van der Waals surface area contributed by atoms with E-state index < -0.39 is 29.9 Å². The molecule has 0 bridgehead atoms. The smallest absolute Gasteiger partial charge is 0.325 e. The molecule has 140 valence electrons. The summed E-state index contributed by atoms with van der Waals surface area (Å²) in [7, 11) is 1.48. The van der Waals surface area contributed by atoms with Crippen LogP contribution in [0.5, 0.6) is 5.75 Å². The van der Waals surface area contributed by atoms with Gasteiger partial charge >= 0.3 is 5.97 Å². The average Bonchev–Trinajstić information content (AvgIpc) is 2.64. The largest absolute Gasteiger partial charge is 0.497 e. The molecule has 0 spiro atoms. The first-order chi connectivity index (χ1) is 12.2. The number of benzene rings is 1. The molecule has 0 radical (unpaired) electrons. The molecule has 0 aliphatic heterocycles. The number of rotatable bonds is 8. The molecule has 26 heavy (non-hydrogen) atoms. The van der Waals surface area contributed by atoms with E-state index in [4.69, 9.17) is 14.7 Å². The molecule has 2 amide bonds. The highest BCUT2D eigenvalue weighted by Gasteiger charge is 2.30. The summed E-state index contributed by atoms with van der Waals surface area (Å²) >= 11 is 0. The van der Waals surface area contributed by atoms with Crippen molar-refractivity contribution in [2.24, 2.45) is 5.92 Å². The Balaban J connectivity index is 2.44. The van der Waals surface area contributed by atoms with Gasteiger partial charge in [0.1, 0.15) is 17.8 Å². The van der Waals surface area contributed by atoms with Crippen LogP contribution in [0.25, 0.3) is 0 Å². The highest BCUT2D eigenvalue weighted by Crippen LogP contribution is 2.15. The first kappa shape index (κ1) is 21.0. The summed E-state index contributed by atoms with van der Waals surface area (Å²) in [6.07, 6.45) is 0. The lowest BCUT2D eigenvalue weighted by Crippen LogP contribution is -2.50. The normalized spacial score (nSPS) is 12.5. The van der Waals surface area contributed by atoms with Crippen molar-refractivity contribution < 1.29 is 23.9 Å². The average molecular weight is 361 g/mol. The van der Waals surface area contributed by atoms with Crippen molar-refractivity contribution in [1.29, 1.82) is 5.26 Å². The van der Waals surface area contributed by atoms with E-state index in [2.05, 4.69) is 10.6 Å². The SMILES string of the molecule is COc1cccc(C(=O)NCC(=O)OCC(=O)N[C@](C)(C#N)C(C)C)c1. The summed E-state index contributed by atoms with van der Waals surface area (Å²) in [5.74, 6) is -1.42. The second kappa shape index (κ2) is 9.42. The predicted molar refractivity (Wildman–Crippen MR) is 93.3 cm³/mol. The Kier molecular flexibility index (Phi) is 7.59. The number of esters is 1. The van der Waals surface area contributed by atoms with Gasteiger partial charge in [-0.15, -0.1) is 0 Å². The van der Waals surface area contributed by atoms with Crippen molar-refractivity contribution in [2.75, 3.05) is 20.3 Å². The fourth-order valence-electron chi connectivity index (χ4n) is 1.84. The van der Waals surface area contributed by atoms with Crippen molar-refractivity contribution in [3.8, 4) is 11.8 Å². The molecule has 1 rings (SSSR count). The number of hydrogen-bond donors (Lipinski definition) is 2. The van der Waals surface area contributed by atoms with Crippen LogP contribution in [-0.4, -0.2) is 43.6 Å². The third kappa shape index (κ3) is 6.09. The molecule has 2 N–H and O–H groups in total. The van der Waals surface area contributed by atoms with E-state index in [-0.39, 0.29) is 12.5 Å². The maximum atomic E-state index is 12.0. The molecule has 0 unspecified atom stereocenters. The number of carbonyl (C=O) groups excluding carboxylic acids is 3. The van der Waals surface area contributed by atoms with Gasteiger partial charge in [0.25, 0.3) is 11.8 Å². The third-order valence-corrected chi connectivity index (χ3v) is 3.88. The minimum absolute atomic E-state index is 0.116. The van der Waals surface area contributed by atoms with Gasteiger partial charge in [-0.2, -0.15) is 5.26 Å². The maximum absolute atomic E-state index is 12.0. The highest BCUT2D eigenvalue weighted by atomic mass is 16.5. The second-order valence-corrected chi connectivity index (χ2v) is 6.09. The molecule has 8 heteroatoms. The molecule has 0 aromatic heterocycles. The lowest BCUT2D eigenvalue weighted by Gasteiger charge is -2.27. The van der Waals surface area contributed by atoms with Crippen LogP contribution in [0.2, 0.25) is 0 Å². The van der Waals surface area contributed by atoms with E-state index in [0.29, 0.717) is 11.3 Å². The van der Waals surface area contributed by atoms with Crippen molar-refractivity contribution in [3.05, 3.63) is 29.8 Å². The minimum Gasteiger partial charge on any atom is -0.497 e. The number of amides is 2. The molecule has 1 atom stereocenters. The zero-order valence-corrected chi connectivity index (χ0v) is 15.3. The van der Waals surface area contributed by atoms with Crippen molar-refractivity contribution in [2.45, 2.75) is 26.3 Å². The molecule has 0 heterocycles. The Labute approximate surface area is 152 Å². The molecule has 1 aromatic rings. The molecule has 1 aromatic carbocycles. The third-order valence-electron chi connectivity index (χ3n) is 3.88. The number of hydrogen-bond acceptors (Lipinski definition) is 6. The lowest BCUT2D eigenvalue weighted by atomic mass is 9.90. The Morgan fingerprint density at radius 2 is 2.00 bits per heavy atom. The summed E-state index contributed by atoms with van der Waals surface area (Å²) in [6, 6.07) is 8.47. The van der Waals surface area contributed by atoms with E-state index in [0.717, 1.165) is 0 Å². The maximum Gasteiger partial charge on any atom is 0.325 e. The topological polar surface area (TPSA) is 118 Å². The fourth-order valence-corrected chi connectivity index (χ4v) is 1.84. The Bertz CT molecular complexity index is 711. The quantitative estimate of drug-likeness (QED) is 0.668. The van der Waals surface area contributed by atoms with Gasteiger partial charge in [-0.3, -0.25) is 14.4 Å². The van der Waals surface area contributed by atoms with E-state index in [1.54, 1.807) is 39.0 Å². The summed E-state index contributed by atoms with van der Waals surface area (Å²) in [5, 5.41) is 14.1. The van der Waals surface area contributed by atoms with Crippen LogP contribution < -0.4 is 15.4 Å². The van der Waals surface area contributed by atoms with E-state index in [1.165, 1.54) is 13.2 Å². The Hall–Kier alpha value is -3.08. The van der Waals surface area contributed by atoms with Gasteiger partial charge in [0.15, 0.2) is 6.61 Å². The number of ether oxygens (including phenoxy) is 2. The number of methoxy groups -OCH3 is 1. The van der Waals surface area contributed by atoms with Crippen LogP contribution in [-0.2, 0) is 14.3 Å². The zero-order chi connectivity index (χ0) is 19.7. The summed E-state index contributed by atoms with van der Waals surface area (Å²) in [4.78, 5) is 35.5. The van der Waals surface area contributed by atoms with Crippen LogP contribution in [0.3, 0.4) is 0 Å². The molecule has 8 nitrogen and oxygen atoms in total. The van der Waals surface area contributed by atoms with Gasteiger partial charge < -0.3 is 20.1 Å². The first-order valence-corrected chi connectivity index (χ1v) is 8.02. The van der Waals surface area contributed by atoms with Gasteiger partial charge in [0.2, 0.25) is 0 Å². The van der Waals surface area contributed by atoms with Crippen molar-refractivity contribution >= 4 is 17.8 Å². The van der Waals surface area contributed by atoms with Gasteiger partial charge in [0, 0.05) is 5.56 Å².